The van der Waals surface area contributed by atoms with Gasteiger partial charge < -0.3 is 4.90 Å². The van der Waals surface area contributed by atoms with Crippen LogP contribution in [0.15, 0.2) is 0 Å². The van der Waals surface area contributed by atoms with Gasteiger partial charge in [-0.15, -0.1) is 0 Å². The lowest BCUT2D eigenvalue weighted by Crippen LogP contribution is -2.43. The summed E-state index contributed by atoms with van der Waals surface area (Å²) in [4.78, 5) is 40.8. The van der Waals surface area contributed by atoms with E-state index in [0.29, 0.717) is 5.92 Å². The van der Waals surface area contributed by atoms with E-state index in [1.165, 1.54) is 24.2 Å². The van der Waals surface area contributed by atoms with Gasteiger partial charge in [-0.25, -0.2) is 0 Å². The Hall–Kier alpha value is -1.39. The van der Waals surface area contributed by atoms with Crippen LogP contribution < -0.4 is 0 Å². The molecule has 0 spiro atoms. The van der Waals surface area contributed by atoms with Gasteiger partial charge in [0.05, 0.1) is 11.8 Å². The number of carbonyl (C=O) groups is 3. The first kappa shape index (κ1) is 17.4. The molecule has 0 unspecified atom stereocenters. The molecule has 0 aromatic carbocycles. The van der Waals surface area contributed by atoms with Crippen LogP contribution in [0, 0.1) is 17.8 Å². The van der Waals surface area contributed by atoms with Gasteiger partial charge in [-0.2, -0.15) is 0 Å². The zero-order valence-electron chi connectivity index (χ0n) is 14.8. The summed E-state index contributed by atoms with van der Waals surface area (Å²) >= 11 is 0. The number of rotatable bonds is 4. The number of likely N-dealkylation sites (tertiary alicyclic amines) is 2. The number of hydrogen-bond acceptors (Lipinski definition) is 3. The molecule has 1 saturated carbocycles. The summed E-state index contributed by atoms with van der Waals surface area (Å²) in [6.45, 7) is 3.70. The summed E-state index contributed by atoms with van der Waals surface area (Å²) in [5, 5.41) is 0. The Labute approximate surface area is 144 Å². The van der Waals surface area contributed by atoms with Crippen LogP contribution in [0.4, 0.5) is 0 Å². The smallest absolute Gasteiger partial charge is 0.242 e. The molecule has 0 N–H and O–H groups in total. The number of imide groups is 1. The van der Waals surface area contributed by atoms with Crippen LogP contribution in [0.1, 0.15) is 64.7 Å². The van der Waals surface area contributed by atoms with Crippen LogP contribution in [0.5, 0.6) is 0 Å². The van der Waals surface area contributed by atoms with Crippen molar-refractivity contribution in [1.82, 2.24) is 9.80 Å². The third-order valence-electron chi connectivity index (χ3n) is 6.12. The highest BCUT2D eigenvalue weighted by molar-refractivity contribution is 6.07. The summed E-state index contributed by atoms with van der Waals surface area (Å²) in [6, 6.07) is 0. The molecule has 2 aliphatic heterocycles. The van der Waals surface area contributed by atoms with Gasteiger partial charge >= 0.3 is 0 Å². The van der Waals surface area contributed by atoms with Gasteiger partial charge in [0.25, 0.3) is 0 Å². The normalized spacial score (nSPS) is 31.1. The van der Waals surface area contributed by atoms with E-state index < -0.39 is 0 Å². The second kappa shape index (κ2) is 7.66. The highest BCUT2D eigenvalue weighted by Crippen LogP contribution is 2.38. The van der Waals surface area contributed by atoms with Crippen LogP contribution in [0.25, 0.3) is 0 Å². The number of fused-ring (bicyclic) bond motifs is 1. The van der Waals surface area contributed by atoms with Crippen molar-refractivity contribution in [2.75, 3.05) is 19.6 Å². The number of amides is 3. The van der Waals surface area contributed by atoms with Crippen LogP contribution in [0.3, 0.4) is 0 Å². The van der Waals surface area contributed by atoms with Gasteiger partial charge in [0.2, 0.25) is 17.7 Å². The van der Waals surface area contributed by atoms with Crippen molar-refractivity contribution in [3.8, 4) is 0 Å². The standard InChI is InChI=1S/C19H30N2O3/c1-2-6-14-7-5-11-20(12-10-14)17(22)13-21-18(23)15-8-3-4-9-16(15)19(21)24/h14-16H,2-13H2,1H3/t14-,15-,16+/m0/s1. The molecule has 3 aliphatic rings. The van der Waals surface area contributed by atoms with E-state index in [4.69, 9.17) is 0 Å². The van der Waals surface area contributed by atoms with Crippen molar-refractivity contribution >= 4 is 17.7 Å². The molecule has 5 nitrogen and oxygen atoms in total. The molecule has 2 heterocycles. The first-order valence-electron chi connectivity index (χ1n) is 9.74. The van der Waals surface area contributed by atoms with Crippen LogP contribution >= 0.6 is 0 Å². The zero-order valence-corrected chi connectivity index (χ0v) is 14.8. The lowest BCUT2D eigenvalue weighted by molar-refractivity contribution is -0.146. The van der Waals surface area contributed by atoms with Gasteiger partial charge in [-0.3, -0.25) is 19.3 Å². The van der Waals surface area contributed by atoms with Gasteiger partial charge in [-0.1, -0.05) is 32.6 Å². The molecule has 3 rings (SSSR count). The van der Waals surface area contributed by atoms with Crippen molar-refractivity contribution < 1.29 is 14.4 Å². The highest BCUT2D eigenvalue weighted by Gasteiger charge is 2.48. The summed E-state index contributed by atoms with van der Waals surface area (Å²) < 4.78 is 0. The average molecular weight is 334 g/mol. The topological polar surface area (TPSA) is 57.7 Å². The first-order chi connectivity index (χ1) is 11.6. The molecule has 134 valence electrons. The SMILES string of the molecule is CCC[C@H]1CCCN(C(=O)CN2C(=O)[C@H]3CCCC[C@H]3C2=O)CC1. The minimum Gasteiger partial charge on any atom is -0.341 e. The quantitative estimate of drug-likeness (QED) is 0.743. The Morgan fingerprint density at radius 2 is 1.62 bits per heavy atom. The van der Waals surface area contributed by atoms with Gasteiger partial charge in [-0.05, 0) is 38.0 Å². The lowest BCUT2D eigenvalue weighted by Gasteiger charge is -2.23. The summed E-state index contributed by atoms with van der Waals surface area (Å²) in [6.07, 6.45) is 9.34. The Morgan fingerprint density at radius 1 is 0.958 bits per heavy atom. The third kappa shape index (κ3) is 3.50. The molecular formula is C19H30N2O3. The molecule has 2 saturated heterocycles. The second-order valence-corrected chi connectivity index (χ2v) is 7.73. The van der Waals surface area contributed by atoms with E-state index in [1.54, 1.807) is 0 Å². The first-order valence-corrected chi connectivity index (χ1v) is 9.74. The van der Waals surface area contributed by atoms with Crippen molar-refractivity contribution in [3.05, 3.63) is 0 Å². The van der Waals surface area contributed by atoms with Crippen molar-refractivity contribution in [2.24, 2.45) is 17.8 Å². The van der Waals surface area contributed by atoms with Crippen LogP contribution in [-0.4, -0.2) is 47.2 Å². The molecular weight excluding hydrogens is 304 g/mol. The van der Waals surface area contributed by atoms with Crippen LogP contribution in [0.2, 0.25) is 0 Å². The predicted molar refractivity (Wildman–Crippen MR) is 91.0 cm³/mol. The molecule has 0 radical (unpaired) electrons. The number of hydrogen-bond donors (Lipinski definition) is 0. The minimum atomic E-state index is -0.155. The summed E-state index contributed by atoms with van der Waals surface area (Å²) in [5.41, 5.74) is 0. The van der Waals surface area contributed by atoms with Gasteiger partial charge in [0.1, 0.15) is 6.54 Å². The molecule has 3 amide bonds. The lowest BCUT2D eigenvalue weighted by atomic mass is 9.81. The average Bonchev–Trinajstić information content (AvgIpc) is 2.76. The van der Waals surface area contributed by atoms with E-state index in [-0.39, 0.29) is 36.1 Å². The van der Waals surface area contributed by atoms with Gasteiger partial charge in [0, 0.05) is 13.1 Å². The highest BCUT2D eigenvalue weighted by atomic mass is 16.2. The fraction of sp³-hybridized carbons (Fsp3) is 0.842. The third-order valence-corrected chi connectivity index (χ3v) is 6.12. The number of carbonyl (C=O) groups excluding carboxylic acids is 3. The summed E-state index contributed by atoms with van der Waals surface area (Å²) in [7, 11) is 0. The minimum absolute atomic E-state index is 0.0386. The molecule has 1 aliphatic carbocycles. The molecule has 3 atom stereocenters. The molecule has 5 heteroatoms. The monoisotopic (exact) mass is 334 g/mol. The Kier molecular flexibility index (Phi) is 5.57. The second-order valence-electron chi connectivity index (χ2n) is 7.73. The largest absolute Gasteiger partial charge is 0.341 e. The van der Waals surface area contributed by atoms with E-state index >= 15 is 0 Å². The maximum Gasteiger partial charge on any atom is 0.242 e. The van der Waals surface area contributed by atoms with E-state index in [0.717, 1.165) is 51.6 Å². The van der Waals surface area contributed by atoms with Crippen LogP contribution in [-0.2, 0) is 14.4 Å². The maximum atomic E-state index is 12.6. The fourth-order valence-corrected chi connectivity index (χ4v) is 4.73. The maximum absolute atomic E-state index is 12.6. The predicted octanol–water partition coefficient (Wildman–Crippen LogP) is 2.59. The fourth-order valence-electron chi connectivity index (χ4n) is 4.73. The Bertz CT molecular complexity index is 481. The van der Waals surface area contributed by atoms with Gasteiger partial charge in [0.15, 0.2) is 0 Å². The Balaban J connectivity index is 1.58. The molecule has 0 bridgehead atoms. The molecule has 3 fully saturated rings. The van der Waals surface area contributed by atoms with E-state index in [9.17, 15) is 14.4 Å². The molecule has 0 aromatic heterocycles. The van der Waals surface area contributed by atoms with E-state index in [1.807, 2.05) is 4.90 Å². The van der Waals surface area contributed by atoms with E-state index in [2.05, 4.69) is 6.92 Å². The Morgan fingerprint density at radius 3 is 2.25 bits per heavy atom. The van der Waals surface area contributed by atoms with Crippen molar-refractivity contribution in [2.45, 2.75) is 64.7 Å². The zero-order chi connectivity index (χ0) is 17.1. The number of nitrogens with zero attached hydrogens (tertiary/aromatic N) is 2. The van der Waals surface area contributed by atoms with Crippen molar-refractivity contribution in [3.63, 3.8) is 0 Å². The summed E-state index contributed by atoms with van der Waals surface area (Å²) in [5.74, 6) is 0.154. The molecule has 0 aromatic rings. The molecule has 24 heavy (non-hydrogen) atoms. The van der Waals surface area contributed by atoms with Crippen molar-refractivity contribution in [1.29, 1.82) is 0 Å².